The standard InChI is InChI=1S/C21H24N4O2S/c1-21(2)15(8-9-24-21)11-22-18(26)17-12-23-20-25(19(17)27)13-16(28-20)10-14-6-4-3-5-7-14/h3-7,12-13,15,24H,8-11H2,1-2H3,(H,22,26). The van der Waals surface area contributed by atoms with Crippen LogP contribution in [-0.4, -0.2) is 33.9 Å². The first kappa shape index (κ1) is 18.8. The first-order valence-corrected chi connectivity index (χ1v) is 10.3. The van der Waals surface area contributed by atoms with E-state index in [0.29, 0.717) is 17.4 Å². The SMILES string of the molecule is CC1(C)NCCC1CNC(=O)c1cnc2sc(Cc3ccccc3)cn2c1=O. The molecular formula is C21H24N4O2S. The van der Waals surface area contributed by atoms with Crippen LogP contribution in [0.3, 0.4) is 0 Å². The van der Waals surface area contributed by atoms with Crippen molar-refractivity contribution in [3.8, 4) is 0 Å². The minimum absolute atomic E-state index is 0.00970. The fourth-order valence-electron chi connectivity index (χ4n) is 3.71. The molecule has 1 aromatic carbocycles. The number of amides is 1. The predicted molar refractivity (Wildman–Crippen MR) is 111 cm³/mol. The molecule has 0 aliphatic carbocycles. The van der Waals surface area contributed by atoms with Gasteiger partial charge in [-0.2, -0.15) is 0 Å². The maximum atomic E-state index is 12.8. The largest absolute Gasteiger partial charge is 0.351 e. The smallest absolute Gasteiger partial charge is 0.271 e. The van der Waals surface area contributed by atoms with E-state index in [9.17, 15) is 9.59 Å². The third-order valence-corrected chi connectivity index (χ3v) is 6.52. The molecule has 1 fully saturated rings. The normalized spacial score (nSPS) is 18.4. The molecule has 0 bridgehead atoms. The number of benzene rings is 1. The summed E-state index contributed by atoms with van der Waals surface area (Å²) in [6, 6.07) is 10.1. The van der Waals surface area contributed by atoms with E-state index in [1.54, 1.807) is 6.20 Å². The van der Waals surface area contributed by atoms with Crippen molar-refractivity contribution < 1.29 is 4.79 Å². The third kappa shape index (κ3) is 3.72. The number of fused-ring (bicyclic) bond motifs is 1. The molecule has 0 radical (unpaired) electrons. The van der Waals surface area contributed by atoms with E-state index < -0.39 is 0 Å². The van der Waals surface area contributed by atoms with Gasteiger partial charge in [-0.3, -0.25) is 14.0 Å². The second-order valence-corrected chi connectivity index (χ2v) is 8.93. The second-order valence-electron chi connectivity index (χ2n) is 7.83. The molecule has 28 heavy (non-hydrogen) atoms. The minimum Gasteiger partial charge on any atom is -0.351 e. The molecule has 7 heteroatoms. The lowest BCUT2D eigenvalue weighted by Crippen LogP contribution is -2.44. The van der Waals surface area contributed by atoms with Crippen LogP contribution in [0.2, 0.25) is 0 Å². The van der Waals surface area contributed by atoms with Gasteiger partial charge >= 0.3 is 0 Å². The first-order chi connectivity index (χ1) is 13.4. The maximum Gasteiger partial charge on any atom is 0.271 e. The van der Waals surface area contributed by atoms with Gasteiger partial charge in [0.15, 0.2) is 4.96 Å². The maximum absolute atomic E-state index is 12.8. The molecule has 3 heterocycles. The molecule has 1 aliphatic rings. The van der Waals surface area contributed by atoms with E-state index in [0.717, 1.165) is 24.3 Å². The average molecular weight is 397 g/mol. The highest BCUT2D eigenvalue weighted by Crippen LogP contribution is 2.25. The number of nitrogens with zero attached hydrogens (tertiary/aromatic N) is 2. The van der Waals surface area contributed by atoms with Crippen molar-refractivity contribution in [1.29, 1.82) is 0 Å². The van der Waals surface area contributed by atoms with Crippen molar-refractivity contribution in [2.75, 3.05) is 13.1 Å². The molecular weight excluding hydrogens is 372 g/mol. The van der Waals surface area contributed by atoms with Crippen LogP contribution in [0.4, 0.5) is 0 Å². The zero-order chi connectivity index (χ0) is 19.7. The second kappa shape index (κ2) is 7.48. The molecule has 4 rings (SSSR count). The predicted octanol–water partition coefficient (Wildman–Crippen LogP) is 2.46. The van der Waals surface area contributed by atoms with Crippen LogP contribution in [0.25, 0.3) is 4.96 Å². The molecule has 6 nitrogen and oxygen atoms in total. The Bertz CT molecular complexity index is 1060. The van der Waals surface area contributed by atoms with Gasteiger partial charge in [0.05, 0.1) is 0 Å². The molecule has 1 atom stereocenters. The number of nitrogens with one attached hydrogen (secondary N) is 2. The fraction of sp³-hybridized carbons (Fsp3) is 0.381. The molecule has 146 valence electrons. The van der Waals surface area contributed by atoms with E-state index in [2.05, 4.69) is 41.6 Å². The van der Waals surface area contributed by atoms with Crippen molar-refractivity contribution >= 4 is 22.2 Å². The number of aromatic nitrogens is 2. The number of rotatable bonds is 5. The molecule has 1 saturated heterocycles. The highest BCUT2D eigenvalue weighted by atomic mass is 32.1. The Kier molecular flexibility index (Phi) is 5.03. The third-order valence-electron chi connectivity index (χ3n) is 5.52. The van der Waals surface area contributed by atoms with Crippen LogP contribution in [-0.2, 0) is 6.42 Å². The molecule has 0 saturated carbocycles. The summed E-state index contributed by atoms with van der Waals surface area (Å²) in [5, 5.41) is 6.36. The van der Waals surface area contributed by atoms with E-state index in [-0.39, 0.29) is 22.6 Å². The van der Waals surface area contributed by atoms with Gasteiger partial charge in [-0.25, -0.2) is 4.98 Å². The van der Waals surface area contributed by atoms with Crippen LogP contribution in [0.15, 0.2) is 47.5 Å². The highest BCUT2D eigenvalue weighted by molar-refractivity contribution is 7.17. The fourth-order valence-corrected chi connectivity index (χ4v) is 4.68. The van der Waals surface area contributed by atoms with Gasteiger partial charge in [0.1, 0.15) is 5.56 Å². The van der Waals surface area contributed by atoms with Crippen LogP contribution >= 0.6 is 11.3 Å². The summed E-state index contributed by atoms with van der Waals surface area (Å²) in [6.07, 6.45) is 4.94. The molecule has 2 aromatic heterocycles. The monoisotopic (exact) mass is 396 g/mol. The van der Waals surface area contributed by atoms with Crippen LogP contribution in [0.1, 0.15) is 41.1 Å². The van der Waals surface area contributed by atoms with Crippen LogP contribution in [0, 0.1) is 5.92 Å². The van der Waals surface area contributed by atoms with Gasteiger partial charge in [-0.15, -0.1) is 11.3 Å². The Labute approximate surface area is 167 Å². The van der Waals surface area contributed by atoms with E-state index >= 15 is 0 Å². The van der Waals surface area contributed by atoms with Gasteiger partial charge in [-0.05, 0) is 38.3 Å². The van der Waals surface area contributed by atoms with Crippen molar-refractivity contribution in [2.24, 2.45) is 5.92 Å². The Morgan fingerprint density at radius 3 is 2.86 bits per heavy atom. The summed E-state index contributed by atoms with van der Waals surface area (Å²) in [5.74, 6) is -0.0140. The van der Waals surface area contributed by atoms with Crippen molar-refractivity contribution in [3.63, 3.8) is 0 Å². The molecule has 1 amide bonds. The topological polar surface area (TPSA) is 75.5 Å². The molecule has 1 aliphatic heterocycles. The Hall–Kier alpha value is -2.51. The van der Waals surface area contributed by atoms with Crippen LogP contribution < -0.4 is 16.2 Å². The number of carbonyl (C=O) groups is 1. The molecule has 2 N–H and O–H groups in total. The van der Waals surface area contributed by atoms with Gasteiger partial charge in [0, 0.05) is 35.8 Å². The molecule has 3 aromatic rings. The van der Waals surface area contributed by atoms with Crippen molar-refractivity contribution in [2.45, 2.75) is 32.2 Å². The zero-order valence-electron chi connectivity index (χ0n) is 16.1. The Morgan fingerprint density at radius 1 is 1.36 bits per heavy atom. The lowest BCUT2D eigenvalue weighted by Gasteiger charge is -2.27. The summed E-state index contributed by atoms with van der Waals surface area (Å²) in [6.45, 7) is 5.77. The quantitative estimate of drug-likeness (QED) is 0.695. The molecule has 0 spiro atoms. The Morgan fingerprint density at radius 2 is 2.14 bits per heavy atom. The zero-order valence-corrected chi connectivity index (χ0v) is 16.9. The summed E-state index contributed by atoms with van der Waals surface area (Å²) in [4.78, 5) is 31.4. The van der Waals surface area contributed by atoms with Gasteiger partial charge in [0.25, 0.3) is 11.5 Å². The minimum atomic E-state index is -0.356. The lowest BCUT2D eigenvalue weighted by molar-refractivity contribution is 0.0941. The first-order valence-electron chi connectivity index (χ1n) is 9.51. The number of hydrogen-bond acceptors (Lipinski definition) is 5. The lowest BCUT2D eigenvalue weighted by atomic mass is 9.89. The van der Waals surface area contributed by atoms with Gasteiger partial charge in [-0.1, -0.05) is 30.3 Å². The van der Waals surface area contributed by atoms with E-state index in [4.69, 9.17) is 0 Å². The molecule has 1 unspecified atom stereocenters. The summed E-state index contributed by atoms with van der Waals surface area (Å²) in [5.41, 5.74) is 0.935. The number of hydrogen-bond donors (Lipinski definition) is 2. The van der Waals surface area contributed by atoms with Crippen molar-refractivity contribution in [3.05, 3.63) is 69.1 Å². The Balaban J connectivity index is 1.52. The van der Waals surface area contributed by atoms with Crippen LogP contribution in [0.5, 0.6) is 0 Å². The highest BCUT2D eigenvalue weighted by Gasteiger charge is 2.34. The van der Waals surface area contributed by atoms with E-state index in [1.807, 2.05) is 18.2 Å². The summed E-state index contributed by atoms with van der Waals surface area (Å²) >= 11 is 1.47. The summed E-state index contributed by atoms with van der Waals surface area (Å²) in [7, 11) is 0. The number of thiazole rings is 1. The van der Waals surface area contributed by atoms with Crippen molar-refractivity contribution in [1.82, 2.24) is 20.0 Å². The van der Waals surface area contributed by atoms with Gasteiger partial charge < -0.3 is 10.6 Å². The summed E-state index contributed by atoms with van der Waals surface area (Å²) < 4.78 is 1.49. The van der Waals surface area contributed by atoms with E-state index in [1.165, 1.54) is 27.5 Å². The number of carbonyl (C=O) groups excluding carboxylic acids is 1. The van der Waals surface area contributed by atoms with Gasteiger partial charge in [0.2, 0.25) is 0 Å². The average Bonchev–Trinajstić information content (AvgIpc) is 3.23.